The fraction of sp³-hybridized carbons (Fsp3) is 0.474. The van der Waals surface area contributed by atoms with Gasteiger partial charge in [0.25, 0.3) is 0 Å². The maximum atomic E-state index is 13.2. The highest BCUT2D eigenvalue weighted by Gasteiger charge is 2.27. The zero-order chi connectivity index (χ0) is 17.2. The molecule has 0 saturated carbocycles. The Morgan fingerprint density at radius 1 is 1.24 bits per heavy atom. The summed E-state index contributed by atoms with van der Waals surface area (Å²) in [4.78, 5) is 12.6. The number of nitrogens with zero attached hydrogens (tertiary/aromatic N) is 2. The van der Waals surface area contributed by atoms with Crippen molar-refractivity contribution in [1.29, 1.82) is 0 Å². The van der Waals surface area contributed by atoms with Gasteiger partial charge in [0, 0.05) is 17.9 Å². The first kappa shape index (κ1) is 16.3. The van der Waals surface area contributed by atoms with Gasteiger partial charge in [-0.2, -0.15) is 5.10 Å². The molecule has 5 nitrogen and oxygen atoms in total. The molecule has 2 aliphatic rings. The number of carbonyl (C=O) groups is 1. The lowest BCUT2D eigenvalue weighted by atomic mass is 9.95. The molecule has 0 radical (unpaired) electrons. The lowest BCUT2D eigenvalue weighted by Gasteiger charge is -2.14. The highest BCUT2D eigenvalue weighted by molar-refractivity contribution is 5.89. The van der Waals surface area contributed by atoms with E-state index >= 15 is 0 Å². The molecule has 1 aromatic carbocycles. The number of hydrogen-bond acceptors (Lipinski definition) is 4. The van der Waals surface area contributed by atoms with Crippen molar-refractivity contribution in [3.05, 3.63) is 47.0 Å². The second-order valence-electron chi connectivity index (χ2n) is 6.60. The summed E-state index contributed by atoms with van der Waals surface area (Å²) in [5.74, 6) is -0.685. The molecular weight excluding hydrogens is 323 g/mol. The van der Waals surface area contributed by atoms with Crippen LogP contribution in [0.1, 0.15) is 47.4 Å². The van der Waals surface area contributed by atoms with Crippen molar-refractivity contribution in [2.24, 2.45) is 0 Å². The smallest absolute Gasteiger partial charge is 0.359 e. The van der Waals surface area contributed by atoms with Crippen LogP contribution in [0.4, 0.5) is 4.39 Å². The minimum atomic E-state index is -0.394. The number of esters is 1. The van der Waals surface area contributed by atoms with E-state index in [2.05, 4.69) is 5.10 Å². The molecule has 25 heavy (non-hydrogen) atoms. The number of carbonyl (C=O) groups excluding carboxylic acids is 1. The van der Waals surface area contributed by atoms with Gasteiger partial charge >= 0.3 is 5.97 Å². The van der Waals surface area contributed by atoms with Gasteiger partial charge in [0.1, 0.15) is 12.4 Å². The van der Waals surface area contributed by atoms with E-state index in [0.717, 1.165) is 62.1 Å². The van der Waals surface area contributed by atoms with Crippen LogP contribution in [-0.2, 0) is 22.3 Å². The first-order valence-corrected chi connectivity index (χ1v) is 8.88. The van der Waals surface area contributed by atoms with Gasteiger partial charge in [-0.25, -0.2) is 13.9 Å². The van der Waals surface area contributed by atoms with Gasteiger partial charge in [-0.15, -0.1) is 0 Å². The molecule has 6 heteroatoms. The van der Waals surface area contributed by atoms with Crippen molar-refractivity contribution in [2.45, 2.75) is 44.6 Å². The molecular formula is C19H21FN2O3. The third-order valence-electron chi connectivity index (χ3n) is 4.87. The van der Waals surface area contributed by atoms with Crippen LogP contribution in [0.3, 0.4) is 0 Å². The molecule has 0 bridgehead atoms. The molecule has 0 unspecified atom stereocenters. The topological polar surface area (TPSA) is 53.4 Å². The number of benzene rings is 1. The standard InChI is InChI=1S/C19H21FN2O3/c20-13-7-9-14(10-8-13)22-17-6-2-1-5-16(17)18(21-22)19(23)25-12-15-4-3-11-24-15/h7-10,15H,1-6,11-12H2/t15-/m1/s1. The lowest BCUT2D eigenvalue weighted by Crippen LogP contribution is -2.19. The maximum absolute atomic E-state index is 13.2. The Hall–Kier alpha value is -2.21. The Morgan fingerprint density at radius 3 is 2.80 bits per heavy atom. The summed E-state index contributed by atoms with van der Waals surface area (Å²) in [6, 6.07) is 6.17. The fourth-order valence-corrected chi connectivity index (χ4v) is 3.57. The fourth-order valence-electron chi connectivity index (χ4n) is 3.57. The van der Waals surface area contributed by atoms with Crippen LogP contribution in [0.2, 0.25) is 0 Å². The second-order valence-corrected chi connectivity index (χ2v) is 6.60. The average Bonchev–Trinajstić information content (AvgIpc) is 3.28. The average molecular weight is 344 g/mol. The predicted molar refractivity (Wildman–Crippen MR) is 89.4 cm³/mol. The highest BCUT2D eigenvalue weighted by atomic mass is 19.1. The predicted octanol–water partition coefficient (Wildman–Crippen LogP) is 3.23. The Morgan fingerprint density at radius 2 is 2.04 bits per heavy atom. The van der Waals surface area contributed by atoms with Crippen molar-refractivity contribution >= 4 is 5.97 Å². The summed E-state index contributed by atoms with van der Waals surface area (Å²) >= 11 is 0. The summed E-state index contributed by atoms with van der Waals surface area (Å²) in [6.07, 6.45) is 5.71. The van der Waals surface area contributed by atoms with Crippen LogP contribution in [-0.4, -0.2) is 35.1 Å². The molecule has 1 saturated heterocycles. The van der Waals surface area contributed by atoms with Crippen molar-refractivity contribution in [3.63, 3.8) is 0 Å². The minimum absolute atomic E-state index is 0.000962. The Labute approximate surface area is 145 Å². The molecule has 1 aromatic heterocycles. The summed E-state index contributed by atoms with van der Waals surface area (Å²) in [7, 11) is 0. The monoisotopic (exact) mass is 344 g/mol. The van der Waals surface area contributed by atoms with Crippen LogP contribution in [0.25, 0.3) is 5.69 Å². The van der Waals surface area contributed by atoms with Gasteiger partial charge in [0.05, 0.1) is 11.8 Å². The van der Waals surface area contributed by atoms with Crippen LogP contribution in [0.15, 0.2) is 24.3 Å². The molecule has 132 valence electrons. The molecule has 4 rings (SSSR count). The molecule has 0 amide bonds. The van der Waals surface area contributed by atoms with Gasteiger partial charge in [-0.05, 0) is 62.8 Å². The summed E-state index contributed by atoms with van der Waals surface area (Å²) < 4.78 is 25.9. The molecule has 1 aliphatic carbocycles. The van der Waals surface area contributed by atoms with E-state index in [9.17, 15) is 9.18 Å². The molecule has 2 aromatic rings. The van der Waals surface area contributed by atoms with Gasteiger partial charge in [0.2, 0.25) is 0 Å². The number of rotatable bonds is 4. The third-order valence-corrected chi connectivity index (χ3v) is 4.87. The quantitative estimate of drug-likeness (QED) is 0.799. The highest BCUT2D eigenvalue weighted by Crippen LogP contribution is 2.27. The summed E-state index contributed by atoms with van der Waals surface area (Å²) in [5, 5.41) is 4.52. The number of halogens is 1. The lowest BCUT2D eigenvalue weighted by molar-refractivity contribution is 0.0155. The first-order valence-electron chi connectivity index (χ1n) is 8.88. The zero-order valence-electron chi connectivity index (χ0n) is 14.0. The van der Waals surface area contributed by atoms with E-state index in [1.165, 1.54) is 12.1 Å². The van der Waals surface area contributed by atoms with Crippen LogP contribution >= 0.6 is 0 Å². The molecule has 1 fully saturated rings. The Kier molecular flexibility index (Phi) is 4.53. The SMILES string of the molecule is O=C(OC[C@H]1CCCO1)c1nn(-c2ccc(F)cc2)c2c1CCCC2. The Balaban J connectivity index is 1.61. The number of fused-ring (bicyclic) bond motifs is 1. The number of hydrogen-bond donors (Lipinski definition) is 0. The van der Waals surface area contributed by atoms with Gasteiger partial charge in [-0.3, -0.25) is 0 Å². The van der Waals surface area contributed by atoms with Gasteiger partial charge in [-0.1, -0.05) is 0 Å². The van der Waals surface area contributed by atoms with Crippen LogP contribution in [0.5, 0.6) is 0 Å². The van der Waals surface area contributed by atoms with E-state index < -0.39 is 5.97 Å². The molecule has 1 aliphatic heterocycles. The molecule has 1 atom stereocenters. The largest absolute Gasteiger partial charge is 0.458 e. The van der Waals surface area contributed by atoms with E-state index in [4.69, 9.17) is 9.47 Å². The van der Waals surface area contributed by atoms with E-state index in [0.29, 0.717) is 5.69 Å². The van der Waals surface area contributed by atoms with Gasteiger partial charge in [0.15, 0.2) is 5.69 Å². The van der Waals surface area contributed by atoms with E-state index in [1.807, 2.05) is 0 Å². The Bertz CT molecular complexity index is 764. The number of ether oxygens (including phenoxy) is 2. The van der Waals surface area contributed by atoms with Crippen LogP contribution < -0.4 is 0 Å². The van der Waals surface area contributed by atoms with Crippen molar-refractivity contribution in [3.8, 4) is 5.69 Å². The molecule has 0 N–H and O–H groups in total. The summed E-state index contributed by atoms with van der Waals surface area (Å²) in [6.45, 7) is 1.01. The number of aromatic nitrogens is 2. The van der Waals surface area contributed by atoms with Crippen molar-refractivity contribution in [2.75, 3.05) is 13.2 Å². The molecule has 0 spiro atoms. The second kappa shape index (κ2) is 6.96. The van der Waals surface area contributed by atoms with Gasteiger partial charge < -0.3 is 9.47 Å². The van der Waals surface area contributed by atoms with Crippen LogP contribution in [0, 0.1) is 5.82 Å². The van der Waals surface area contributed by atoms with E-state index in [1.54, 1.807) is 16.8 Å². The van der Waals surface area contributed by atoms with E-state index in [-0.39, 0.29) is 18.5 Å². The minimum Gasteiger partial charge on any atom is -0.458 e. The third kappa shape index (κ3) is 3.31. The van der Waals surface area contributed by atoms with Crippen molar-refractivity contribution in [1.82, 2.24) is 9.78 Å². The zero-order valence-corrected chi connectivity index (χ0v) is 14.0. The normalized spacial score (nSPS) is 19.6. The first-order chi connectivity index (χ1) is 12.2. The maximum Gasteiger partial charge on any atom is 0.359 e. The molecule has 2 heterocycles. The summed E-state index contributed by atoms with van der Waals surface area (Å²) in [5.41, 5.74) is 3.14. The van der Waals surface area contributed by atoms with Crippen molar-refractivity contribution < 1.29 is 18.7 Å².